The van der Waals surface area contributed by atoms with Crippen molar-refractivity contribution in [1.29, 1.82) is 0 Å². The van der Waals surface area contributed by atoms with E-state index in [-0.39, 0.29) is 31.4 Å². The molecule has 11 nitrogen and oxygen atoms in total. The van der Waals surface area contributed by atoms with Gasteiger partial charge in [-0.2, -0.15) is 0 Å². The second-order valence-electron chi connectivity index (χ2n) is 10.8. The number of ether oxygens (including phenoxy) is 2. The number of carbonyl (C=O) groups is 3. The molecule has 0 saturated heterocycles. The van der Waals surface area contributed by atoms with Gasteiger partial charge in [0.15, 0.2) is 0 Å². The fourth-order valence-corrected chi connectivity index (χ4v) is 4.80. The van der Waals surface area contributed by atoms with Crippen LogP contribution in [0.3, 0.4) is 0 Å². The average Bonchev–Trinajstić information content (AvgIpc) is 3.05. The van der Waals surface area contributed by atoms with Crippen LogP contribution in [-0.2, 0) is 11.2 Å². The number of nitrogens with zero attached hydrogens (tertiary/aromatic N) is 2. The quantitative estimate of drug-likeness (QED) is 0.291. The Balaban J connectivity index is 1.54. The molecular formula is C32H38FN5O6. The van der Waals surface area contributed by atoms with Crippen molar-refractivity contribution in [2.75, 3.05) is 49.8 Å². The number of anilines is 3. The van der Waals surface area contributed by atoms with Crippen molar-refractivity contribution in [3.05, 3.63) is 78.1 Å². The summed E-state index contributed by atoms with van der Waals surface area (Å²) in [6, 6.07) is 16.1. The Morgan fingerprint density at radius 2 is 1.66 bits per heavy atom. The summed E-state index contributed by atoms with van der Waals surface area (Å²) in [5.41, 5.74) is 2.02. The first kappa shape index (κ1) is 32.1. The number of urea groups is 2. The molecule has 4 rings (SSSR count). The van der Waals surface area contributed by atoms with Crippen LogP contribution in [0.5, 0.6) is 11.5 Å². The topological polar surface area (TPSA) is 132 Å². The highest BCUT2D eigenvalue weighted by molar-refractivity contribution is 6.00. The Morgan fingerprint density at radius 3 is 2.32 bits per heavy atom. The Labute approximate surface area is 255 Å². The summed E-state index contributed by atoms with van der Waals surface area (Å²) in [5, 5.41) is 18.2. The van der Waals surface area contributed by atoms with Gasteiger partial charge in [0.05, 0.1) is 32.7 Å². The number of methoxy groups -OCH3 is 1. The van der Waals surface area contributed by atoms with Crippen molar-refractivity contribution in [1.82, 2.24) is 9.80 Å². The van der Waals surface area contributed by atoms with Gasteiger partial charge in [0.25, 0.3) is 0 Å². The molecule has 0 saturated carbocycles. The van der Waals surface area contributed by atoms with Gasteiger partial charge in [0, 0.05) is 42.1 Å². The van der Waals surface area contributed by atoms with Crippen LogP contribution < -0.4 is 25.4 Å². The molecule has 0 aromatic heterocycles. The molecule has 0 radical (unpaired) electrons. The molecule has 0 bridgehead atoms. The lowest BCUT2D eigenvalue weighted by molar-refractivity contribution is -0.134. The molecule has 12 heteroatoms. The number of aliphatic hydroxyl groups is 1. The number of nitrogens with one attached hydrogen (secondary N) is 3. The molecule has 3 aromatic carbocycles. The van der Waals surface area contributed by atoms with E-state index in [1.54, 1.807) is 68.4 Å². The molecule has 234 valence electrons. The second kappa shape index (κ2) is 14.6. The van der Waals surface area contributed by atoms with E-state index in [1.807, 2.05) is 6.92 Å². The van der Waals surface area contributed by atoms with Gasteiger partial charge >= 0.3 is 12.1 Å². The number of likely N-dealkylation sites (N-methyl/N-ethyl adjacent to an activating group) is 1. The summed E-state index contributed by atoms with van der Waals surface area (Å²) < 4.78 is 24.9. The van der Waals surface area contributed by atoms with Crippen LogP contribution in [0.4, 0.5) is 31.0 Å². The minimum Gasteiger partial charge on any atom is -0.497 e. The van der Waals surface area contributed by atoms with Crippen molar-refractivity contribution >= 4 is 35.0 Å². The molecule has 1 aliphatic rings. The van der Waals surface area contributed by atoms with Gasteiger partial charge in [-0.25, -0.2) is 14.0 Å². The molecule has 5 amide bonds. The number of fused-ring (bicyclic) bond motifs is 1. The lowest BCUT2D eigenvalue weighted by atomic mass is 10.0. The third-order valence-electron chi connectivity index (χ3n) is 7.42. The van der Waals surface area contributed by atoms with Crippen LogP contribution in [0.2, 0.25) is 0 Å². The van der Waals surface area contributed by atoms with E-state index in [4.69, 9.17) is 9.47 Å². The van der Waals surface area contributed by atoms with E-state index in [0.29, 0.717) is 40.7 Å². The zero-order chi connectivity index (χ0) is 31.8. The Bertz CT molecular complexity index is 1450. The molecule has 0 aliphatic carbocycles. The highest BCUT2D eigenvalue weighted by atomic mass is 19.1. The average molecular weight is 608 g/mol. The third-order valence-corrected chi connectivity index (χ3v) is 7.42. The Hall–Kier alpha value is -4.84. The summed E-state index contributed by atoms with van der Waals surface area (Å²) >= 11 is 0. The van der Waals surface area contributed by atoms with Crippen LogP contribution in [0.1, 0.15) is 19.4 Å². The fraction of sp³-hybridized carbons (Fsp3) is 0.344. The van der Waals surface area contributed by atoms with Crippen LogP contribution in [0.15, 0.2) is 66.7 Å². The molecular weight excluding hydrogens is 569 g/mol. The minimum absolute atomic E-state index is 0.0182. The molecule has 3 aromatic rings. The predicted molar refractivity (Wildman–Crippen MR) is 166 cm³/mol. The molecule has 0 spiro atoms. The maximum absolute atomic E-state index is 13.5. The summed E-state index contributed by atoms with van der Waals surface area (Å²) in [7, 11) is 3.18. The molecule has 4 N–H and O–H groups in total. The minimum atomic E-state index is -0.533. The van der Waals surface area contributed by atoms with Crippen molar-refractivity contribution < 1.29 is 33.4 Å². The van der Waals surface area contributed by atoms with Crippen LogP contribution >= 0.6 is 0 Å². The smallest absolute Gasteiger partial charge is 0.323 e. The number of halogens is 1. The predicted octanol–water partition coefficient (Wildman–Crippen LogP) is 4.79. The highest BCUT2D eigenvalue weighted by Crippen LogP contribution is 2.29. The van der Waals surface area contributed by atoms with Crippen molar-refractivity contribution in [3.8, 4) is 11.5 Å². The van der Waals surface area contributed by atoms with Gasteiger partial charge in [0.1, 0.15) is 23.4 Å². The first-order valence-corrected chi connectivity index (χ1v) is 14.3. The van der Waals surface area contributed by atoms with E-state index in [1.165, 1.54) is 29.2 Å². The lowest BCUT2D eigenvalue weighted by Gasteiger charge is -2.34. The number of hydrogen-bond acceptors (Lipinski definition) is 6. The highest BCUT2D eigenvalue weighted by Gasteiger charge is 2.32. The number of hydrogen-bond donors (Lipinski definition) is 4. The first-order valence-electron chi connectivity index (χ1n) is 14.3. The Morgan fingerprint density at radius 1 is 1.05 bits per heavy atom. The standard InChI is InChI=1S/C32H38FN5O6/c1-20-17-38(21(2)19-39)30(40)16-22-15-26(35-31(41)34-24-9-12-27(43-4)13-10-24)11-14-28(22)44-29(20)18-37(3)32(42)36-25-7-5-23(33)6-8-25/h5-15,20-21,29,39H,16-19H2,1-4H3,(H,36,42)(H2,34,35,41)/t20-,21-,29+/m1/s1. The number of aliphatic hydroxyl groups excluding tert-OH is 1. The Kier molecular flexibility index (Phi) is 10.6. The van der Waals surface area contributed by atoms with Crippen molar-refractivity contribution in [3.63, 3.8) is 0 Å². The molecule has 3 atom stereocenters. The third kappa shape index (κ3) is 8.38. The SMILES string of the molecule is COc1ccc(NC(=O)Nc2ccc3c(c2)CC(=O)N([C@H](C)CO)C[C@@H](C)[C@H](CN(C)C(=O)Nc2ccc(F)cc2)O3)cc1. The van der Waals surface area contributed by atoms with Crippen molar-refractivity contribution in [2.24, 2.45) is 5.92 Å². The van der Waals surface area contributed by atoms with E-state index in [0.717, 1.165) is 0 Å². The normalized spacial score (nSPS) is 17.1. The molecule has 0 unspecified atom stereocenters. The van der Waals surface area contributed by atoms with Gasteiger partial charge < -0.3 is 40.3 Å². The van der Waals surface area contributed by atoms with E-state index < -0.39 is 30.0 Å². The van der Waals surface area contributed by atoms with E-state index in [9.17, 15) is 23.9 Å². The summed E-state index contributed by atoms with van der Waals surface area (Å²) in [6.45, 7) is 3.94. The van der Waals surface area contributed by atoms with Crippen LogP contribution in [0.25, 0.3) is 0 Å². The zero-order valence-electron chi connectivity index (χ0n) is 25.2. The monoisotopic (exact) mass is 607 g/mol. The summed E-state index contributed by atoms with van der Waals surface area (Å²) in [4.78, 5) is 42.2. The van der Waals surface area contributed by atoms with Gasteiger partial charge in [-0.1, -0.05) is 6.92 Å². The van der Waals surface area contributed by atoms with Crippen molar-refractivity contribution in [2.45, 2.75) is 32.4 Å². The molecule has 0 fully saturated rings. The second-order valence-corrected chi connectivity index (χ2v) is 10.8. The van der Waals surface area contributed by atoms with Crippen LogP contribution in [0, 0.1) is 11.7 Å². The number of benzene rings is 3. The van der Waals surface area contributed by atoms with Crippen LogP contribution in [-0.4, -0.2) is 78.9 Å². The maximum Gasteiger partial charge on any atom is 0.323 e. The number of rotatable bonds is 8. The fourth-order valence-electron chi connectivity index (χ4n) is 4.80. The van der Waals surface area contributed by atoms with E-state index >= 15 is 0 Å². The zero-order valence-corrected chi connectivity index (χ0v) is 25.2. The molecule has 1 aliphatic heterocycles. The molecule has 1 heterocycles. The van der Waals surface area contributed by atoms with Gasteiger partial charge in [0.2, 0.25) is 5.91 Å². The first-order chi connectivity index (χ1) is 21.1. The lowest BCUT2D eigenvalue weighted by Crippen LogP contribution is -2.48. The maximum atomic E-state index is 13.5. The van der Waals surface area contributed by atoms with Gasteiger partial charge in [-0.15, -0.1) is 0 Å². The summed E-state index contributed by atoms with van der Waals surface area (Å²) in [6.07, 6.45) is -0.551. The number of amides is 5. The summed E-state index contributed by atoms with van der Waals surface area (Å²) in [5.74, 6) is 0.270. The van der Waals surface area contributed by atoms with Gasteiger partial charge in [-0.3, -0.25) is 4.79 Å². The van der Waals surface area contributed by atoms with Gasteiger partial charge in [-0.05, 0) is 73.7 Å². The largest absolute Gasteiger partial charge is 0.497 e. The number of carbonyl (C=O) groups excluding carboxylic acids is 3. The van der Waals surface area contributed by atoms with E-state index in [2.05, 4.69) is 16.0 Å². The molecule has 44 heavy (non-hydrogen) atoms.